The Labute approximate surface area is 246 Å². The Balaban J connectivity index is 1.69. The molecule has 0 bridgehead atoms. The van der Waals surface area contributed by atoms with Crippen LogP contribution in [0.25, 0.3) is 10.9 Å². The van der Waals surface area contributed by atoms with E-state index in [2.05, 4.69) is 16.9 Å². The first-order valence-electron chi connectivity index (χ1n) is 13.5. The second-order valence-electron chi connectivity index (χ2n) is 10.1. The lowest BCUT2D eigenvalue weighted by atomic mass is 9.79. The fourth-order valence-corrected chi connectivity index (χ4v) is 5.43. The van der Waals surface area contributed by atoms with Crippen molar-refractivity contribution >= 4 is 28.6 Å². The van der Waals surface area contributed by atoms with E-state index >= 15 is 0 Å². The van der Waals surface area contributed by atoms with Crippen LogP contribution in [0.1, 0.15) is 28.6 Å². The van der Waals surface area contributed by atoms with Crippen molar-refractivity contribution in [3.05, 3.63) is 60.0 Å². The van der Waals surface area contributed by atoms with Crippen LogP contribution in [0, 0.1) is 11.8 Å². The average molecular weight is 605 g/mol. The molecular weight excluding hydrogens is 568 g/mol. The summed E-state index contributed by atoms with van der Waals surface area (Å²) < 4.78 is 27.3. The molecule has 14 nitrogen and oxygen atoms in total. The summed E-state index contributed by atoms with van der Waals surface area (Å²) in [5.41, 5.74) is 1.01. The van der Waals surface area contributed by atoms with E-state index in [0.29, 0.717) is 16.5 Å². The molecule has 1 saturated heterocycles. The van der Waals surface area contributed by atoms with Crippen LogP contribution in [-0.2, 0) is 33.3 Å². The fraction of sp³-hybridized carbons (Fsp3) is 0.483. The molecule has 0 spiro atoms. The molecule has 2 aliphatic heterocycles. The van der Waals surface area contributed by atoms with Crippen LogP contribution in [0.4, 0.5) is 0 Å². The zero-order valence-corrected chi connectivity index (χ0v) is 23.8. The molecule has 1 fully saturated rings. The van der Waals surface area contributed by atoms with Gasteiger partial charge in [0.15, 0.2) is 18.2 Å². The Kier molecular flexibility index (Phi) is 10.3. The highest BCUT2D eigenvalue weighted by Gasteiger charge is 2.48. The number of benzene rings is 1. The Bertz CT molecular complexity index is 1370. The second kappa shape index (κ2) is 13.8. The molecule has 43 heavy (non-hydrogen) atoms. The molecule has 1 aromatic carbocycles. The number of carbonyl (C=O) groups is 3. The number of ether oxygens (including phenoxy) is 5. The Morgan fingerprint density at radius 2 is 1.84 bits per heavy atom. The van der Waals surface area contributed by atoms with Crippen molar-refractivity contribution in [3.63, 3.8) is 0 Å². The molecule has 0 saturated carbocycles. The van der Waals surface area contributed by atoms with Gasteiger partial charge in [-0.2, -0.15) is 0 Å². The number of amides is 1. The van der Waals surface area contributed by atoms with Crippen LogP contribution >= 0.6 is 0 Å². The van der Waals surface area contributed by atoms with Gasteiger partial charge in [-0.3, -0.25) is 9.59 Å². The number of para-hydroxylation sites is 1. The van der Waals surface area contributed by atoms with E-state index < -0.39 is 79.2 Å². The summed E-state index contributed by atoms with van der Waals surface area (Å²) in [4.78, 5) is 42.6. The maximum atomic E-state index is 14.0. The third kappa shape index (κ3) is 6.21. The third-order valence-corrected chi connectivity index (χ3v) is 7.73. The van der Waals surface area contributed by atoms with Crippen LogP contribution in [0.5, 0.6) is 0 Å². The number of likely N-dealkylation sites (N-methyl/N-ethyl adjacent to an activating group) is 1. The number of ketones is 1. The molecule has 2 aliphatic rings. The molecule has 9 atom stereocenters. The number of rotatable bonds is 11. The zero-order chi connectivity index (χ0) is 31.4. The fourth-order valence-electron chi connectivity index (χ4n) is 5.43. The van der Waals surface area contributed by atoms with Crippen molar-refractivity contribution in [1.29, 1.82) is 0 Å². The molecule has 3 heterocycles. The summed E-state index contributed by atoms with van der Waals surface area (Å²) in [5.74, 6) is -3.55. The largest absolute Gasteiger partial charge is 0.471 e. The van der Waals surface area contributed by atoms with Crippen LogP contribution in [0.3, 0.4) is 0 Å². The lowest BCUT2D eigenvalue weighted by Gasteiger charge is -2.43. The monoisotopic (exact) mass is 604 g/mol. The molecule has 1 aromatic heterocycles. The van der Waals surface area contributed by atoms with Crippen LogP contribution in [-0.4, -0.2) is 108 Å². The average Bonchev–Trinajstić information content (AvgIpc) is 3.40. The number of fused-ring (bicyclic) bond motifs is 1. The molecule has 6 N–H and O–H groups in total. The highest BCUT2D eigenvalue weighted by atomic mass is 16.8. The van der Waals surface area contributed by atoms with E-state index in [1.807, 2.05) is 0 Å². The van der Waals surface area contributed by atoms with Gasteiger partial charge in [0.05, 0.1) is 31.2 Å². The van der Waals surface area contributed by atoms with E-state index in [0.717, 1.165) is 6.26 Å². The third-order valence-electron chi connectivity index (χ3n) is 7.73. The van der Waals surface area contributed by atoms with Gasteiger partial charge in [0.2, 0.25) is 6.29 Å². The summed E-state index contributed by atoms with van der Waals surface area (Å²) in [6, 6.07) is 7.02. The topological polar surface area (TPSA) is 206 Å². The van der Waals surface area contributed by atoms with Gasteiger partial charge in [-0.05, 0) is 6.07 Å². The first-order valence-corrected chi connectivity index (χ1v) is 13.5. The molecule has 2 aromatic rings. The maximum absolute atomic E-state index is 14.0. The number of aromatic nitrogens is 1. The number of hydrogen-bond donors (Lipinski definition) is 6. The number of aliphatic hydroxyl groups is 4. The lowest BCUT2D eigenvalue weighted by Crippen LogP contribution is -2.60. The van der Waals surface area contributed by atoms with Crippen molar-refractivity contribution in [2.24, 2.45) is 11.8 Å². The number of carbonyl (C=O) groups excluding carboxylic acids is 3. The maximum Gasteiger partial charge on any atom is 0.337 e. The number of hydrogen-bond acceptors (Lipinski definition) is 12. The van der Waals surface area contributed by atoms with E-state index in [9.17, 15) is 34.8 Å². The van der Waals surface area contributed by atoms with Gasteiger partial charge in [0.25, 0.3) is 5.91 Å². The predicted molar refractivity (Wildman–Crippen MR) is 148 cm³/mol. The molecule has 0 radical (unpaired) electrons. The highest BCUT2D eigenvalue weighted by Crippen LogP contribution is 2.39. The number of nitrogens with one attached hydrogen (secondary N) is 2. The van der Waals surface area contributed by atoms with Gasteiger partial charge in [-0.1, -0.05) is 24.3 Å². The Morgan fingerprint density at radius 1 is 1.12 bits per heavy atom. The number of esters is 1. The van der Waals surface area contributed by atoms with Gasteiger partial charge < -0.3 is 54.4 Å². The standard InChI is InChI=1S/C29H36N2O12/c1-5-13-15(10-18(33)21-20(25(39-3)26(37)30-2)14-8-6-7-9-17(14)31-21)16(27(38)40-4)12-41-28(13)43-29-24(36)23(35)22(34)19(11-32)42-29/h5-9,12-13,15,19,22-25,28-29,31-32,34-36H,1,10-11H2,2-4H3,(H,30,37)/t13-,15+,19-,22-,23+,24-,25+,28+,29+/m1/s1. The summed E-state index contributed by atoms with van der Waals surface area (Å²) in [6.07, 6.45) is -8.05. The molecule has 1 amide bonds. The first kappa shape index (κ1) is 32.3. The van der Waals surface area contributed by atoms with Crippen LogP contribution < -0.4 is 5.32 Å². The first-order chi connectivity index (χ1) is 20.6. The van der Waals surface area contributed by atoms with E-state index in [4.69, 9.17) is 23.7 Å². The minimum absolute atomic E-state index is 0.00153. The number of aromatic amines is 1. The number of H-pyrrole nitrogens is 1. The summed E-state index contributed by atoms with van der Waals surface area (Å²) in [6.45, 7) is 3.15. The molecule has 234 valence electrons. The quantitative estimate of drug-likeness (QED) is 0.112. The highest BCUT2D eigenvalue weighted by molar-refractivity contribution is 6.05. The predicted octanol–water partition coefficient (Wildman–Crippen LogP) is -0.178. The van der Waals surface area contributed by atoms with Crippen LogP contribution in [0.15, 0.2) is 48.8 Å². The minimum atomic E-state index is -1.72. The SMILES string of the molecule is C=C[C@H]1[C@H](O[C@@H]2O[C@H](CO)[C@@H](O)[C@H](O)[C@H]2O)OC=C(C(=O)OC)[C@H]1CC(=O)c1[nH]c2ccccc2c1[C@H](OC)C(=O)NC. The number of Topliss-reactive ketones (excluding diaryl/α,β-unsaturated/α-hetero) is 1. The Hall–Kier alpha value is -3.63. The molecule has 0 aliphatic carbocycles. The van der Waals surface area contributed by atoms with E-state index in [-0.39, 0.29) is 17.7 Å². The van der Waals surface area contributed by atoms with Gasteiger partial charge in [0.1, 0.15) is 24.4 Å². The minimum Gasteiger partial charge on any atom is -0.471 e. The molecule has 0 unspecified atom stereocenters. The van der Waals surface area contributed by atoms with Crippen molar-refractivity contribution in [3.8, 4) is 0 Å². The molecule has 4 rings (SSSR count). The van der Waals surface area contributed by atoms with E-state index in [1.54, 1.807) is 24.3 Å². The van der Waals surface area contributed by atoms with Gasteiger partial charge in [-0.25, -0.2) is 4.79 Å². The summed E-state index contributed by atoms with van der Waals surface area (Å²) in [7, 11) is 3.97. The second-order valence-corrected chi connectivity index (χ2v) is 10.1. The normalized spacial score (nSPS) is 29.7. The Morgan fingerprint density at radius 3 is 2.47 bits per heavy atom. The summed E-state index contributed by atoms with van der Waals surface area (Å²) >= 11 is 0. The van der Waals surface area contributed by atoms with Crippen LogP contribution in [0.2, 0.25) is 0 Å². The van der Waals surface area contributed by atoms with E-state index in [1.165, 1.54) is 27.3 Å². The lowest BCUT2D eigenvalue weighted by molar-refractivity contribution is -0.339. The van der Waals surface area contributed by atoms with Gasteiger partial charge >= 0.3 is 5.97 Å². The number of aliphatic hydroxyl groups excluding tert-OH is 4. The van der Waals surface area contributed by atoms with Crippen molar-refractivity contribution in [2.75, 3.05) is 27.9 Å². The zero-order valence-electron chi connectivity index (χ0n) is 23.8. The van der Waals surface area contributed by atoms with Crippen molar-refractivity contribution < 1.29 is 58.5 Å². The van der Waals surface area contributed by atoms with Crippen molar-refractivity contribution in [1.82, 2.24) is 10.3 Å². The van der Waals surface area contributed by atoms with Gasteiger partial charge in [-0.15, -0.1) is 6.58 Å². The molecule has 14 heteroatoms. The smallest absolute Gasteiger partial charge is 0.337 e. The summed E-state index contributed by atoms with van der Waals surface area (Å²) in [5, 5.41) is 43.4. The molecular formula is C29H36N2O12. The number of methoxy groups -OCH3 is 2. The van der Waals surface area contributed by atoms with Crippen molar-refractivity contribution in [2.45, 2.75) is 49.5 Å². The van der Waals surface area contributed by atoms with Gasteiger partial charge in [0, 0.05) is 48.9 Å².